The van der Waals surface area contributed by atoms with Crippen molar-refractivity contribution in [1.82, 2.24) is 9.78 Å². The molecule has 1 aromatic heterocycles. The van der Waals surface area contributed by atoms with E-state index < -0.39 is 11.9 Å². The highest BCUT2D eigenvalue weighted by Gasteiger charge is 2.38. The minimum Gasteiger partial charge on any atom is -0.508 e. The molecule has 0 radical (unpaired) electrons. The Labute approximate surface area is 100 Å². The SMILES string of the molecule is NCc1cnn(-c2ccc(O)cc2)c1C(F)(F)F. The van der Waals surface area contributed by atoms with E-state index in [-0.39, 0.29) is 23.5 Å². The molecule has 18 heavy (non-hydrogen) atoms. The average Bonchev–Trinajstić information content (AvgIpc) is 2.73. The number of benzene rings is 1. The summed E-state index contributed by atoms with van der Waals surface area (Å²) in [6.07, 6.45) is -3.45. The number of phenolic OH excluding ortho intramolecular Hbond substituents is 1. The molecule has 2 rings (SSSR count). The van der Waals surface area contributed by atoms with Crippen LogP contribution in [0.5, 0.6) is 5.75 Å². The molecular weight excluding hydrogens is 247 g/mol. The molecule has 0 saturated carbocycles. The molecule has 7 heteroatoms. The lowest BCUT2D eigenvalue weighted by Crippen LogP contribution is -2.16. The van der Waals surface area contributed by atoms with E-state index in [1.165, 1.54) is 24.3 Å². The largest absolute Gasteiger partial charge is 0.508 e. The summed E-state index contributed by atoms with van der Waals surface area (Å²) in [5, 5.41) is 12.8. The summed E-state index contributed by atoms with van der Waals surface area (Å²) in [6.45, 7) is -0.243. The normalized spacial score (nSPS) is 11.8. The fraction of sp³-hybridized carbons (Fsp3) is 0.182. The van der Waals surface area contributed by atoms with E-state index in [4.69, 9.17) is 10.8 Å². The van der Waals surface area contributed by atoms with Crippen molar-refractivity contribution in [2.45, 2.75) is 12.7 Å². The molecule has 0 bridgehead atoms. The molecule has 96 valence electrons. The van der Waals surface area contributed by atoms with Crippen LogP contribution in [0.3, 0.4) is 0 Å². The molecule has 0 spiro atoms. The maximum Gasteiger partial charge on any atom is 0.433 e. The second-order valence-electron chi connectivity index (χ2n) is 3.65. The molecule has 0 aliphatic rings. The van der Waals surface area contributed by atoms with Crippen LogP contribution in [0.4, 0.5) is 13.2 Å². The number of aromatic hydroxyl groups is 1. The van der Waals surface area contributed by atoms with Crippen molar-refractivity contribution in [3.05, 3.63) is 41.7 Å². The van der Waals surface area contributed by atoms with Crippen LogP contribution in [0.25, 0.3) is 5.69 Å². The number of hydrogen-bond donors (Lipinski definition) is 2. The summed E-state index contributed by atoms with van der Waals surface area (Å²) in [6, 6.07) is 5.27. The quantitative estimate of drug-likeness (QED) is 0.865. The van der Waals surface area contributed by atoms with Gasteiger partial charge in [-0.05, 0) is 24.3 Å². The summed E-state index contributed by atoms with van der Waals surface area (Å²) in [4.78, 5) is 0. The zero-order valence-corrected chi connectivity index (χ0v) is 9.15. The molecule has 0 saturated heterocycles. The molecule has 0 aliphatic carbocycles. The lowest BCUT2D eigenvalue weighted by atomic mass is 10.2. The van der Waals surface area contributed by atoms with Gasteiger partial charge in [-0.3, -0.25) is 0 Å². The smallest absolute Gasteiger partial charge is 0.433 e. The monoisotopic (exact) mass is 257 g/mol. The molecule has 1 aromatic carbocycles. The van der Waals surface area contributed by atoms with Gasteiger partial charge in [-0.15, -0.1) is 0 Å². The molecule has 4 nitrogen and oxygen atoms in total. The van der Waals surface area contributed by atoms with Gasteiger partial charge < -0.3 is 10.8 Å². The van der Waals surface area contributed by atoms with E-state index in [0.29, 0.717) is 0 Å². The van der Waals surface area contributed by atoms with Crippen LogP contribution in [0, 0.1) is 0 Å². The molecule has 0 aliphatic heterocycles. The molecule has 0 fully saturated rings. The zero-order valence-electron chi connectivity index (χ0n) is 9.15. The number of alkyl halides is 3. The van der Waals surface area contributed by atoms with Gasteiger partial charge >= 0.3 is 6.18 Å². The van der Waals surface area contributed by atoms with E-state index in [1.807, 2.05) is 0 Å². The molecule has 0 amide bonds. The lowest BCUT2D eigenvalue weighted by molar-refractivity contribution is -0.143. The lowest BCUT2D eigenvalue weighted by Gasteiger charge is -2.12. The van der Waals surface area contributed by atoms with E-state index in [1.54, 1.807) is 0 Å². The topological polar surface area (TPSA) is 64.1 Å². The van der Waals surface area contributed by atoms with Crippen LogP contribution < -0.4 is 5.73 Å². The average molecular weight is 257 g/mol. The summed E-state index contributed by atoms with van der Waals surface area (Å²) in [5.41, 5.74) is 4.51. The summed E-state index contributed by atoms with van der Waals surface area (Å²) in [5.74, 6) is -0.0292. The molecule has 1 heterocycles. The highest BCUT2D eigenvalue weighted by atomic mass is 19.4. The Hall–Kier alpha value is -2.02. The maximum atomic E-state index is 12.9. The fourth-order valence-electron chi connectivity index (χ4n) is 1.62. The Morgan fingerprint density at radius 1 is 1.22 bits per heavy atom. The van der Waals surface area contributed by atoms with Crippen LogP contribution in [0.15, 0.2) is 30.5 Å². The number of phenols is 1. The van der Waals surface area contributed by atoms with Crippen LogP contribution in [0.1, 0.15) is 11.3 Å². The second-order valence-corrected chi connectivity index (χ2v) is 3.65. The van der Waals surface area contributed by atoms with Gasteiger partial charge in [0, 0.05) is 12.1 Å². The number of aromatic nitrogens is 2. The van der Waals surface area contributed by atoms with E-state index >= 15 is 0 Å². The molecule has 3 N–H and O–H groups in total. The predicted octanol–water partition coefficient (Wildman–Crippen LogP) is 2.06. The maximum absolute atomic E-state index is 12.9. The Morgan fingerprint density at radius 3 is 2.33 bits per heavy atom. The van der Waals surface area contributed by atoms with E-state index in [2.05, 4.69) is 5.10 Å². The first kappa shape index (κ1) is 12.4. The Bertz CT molecular complexity index is 546. The Balaban J connectivity index is 2.58. The molecule has 0 unspecified atom stereocenters. The number of hydrogen-bond acceptors (Lipinski definition) is 3. The minimum atomic E-state index is -4.54. The van der Waals surface area contributed by atoms with E-state index in [0.717, 1.165) is 10.9 Å². The van der Waals surface area contributed by atoms with Crippen LogP contribution in [-0.2, 0) is 12.7 Å². The molecule has 0 atom stereocenters. The zero-order chi connectivity index (χ0) is 13.3. The van der Waals surface area contributed by atoms with E-state index in [9.17, 15) is 13.2 Å². The third-order valence-corrected chi connectivity index (χ3v) is 2.43. The second kappa shape index (κ2) is 4.34. The number of nitrogens with zero attached hydrogens (tertiary/aromatic N) is 2. The molecule has 2 aromatic rings. The first-order valence-corrected chi connectivity index (χ1v) is 5.07. The van der Waals surface area contributed by atoms with Gasteiger partial charge in [0.05, 0.1) is 11.9 Å². The highest BCUT2D eigenvalue weighted by molar-refractivity contribution is 5.39. The van der Waals surface area contributed by atoms with Gasteiger partial charge in [0.1, 0.15) is 5.75 Å². The third-order valence-electron chi connectivity index (χ3n) is 2.43. The minimum absolute atomic E-state index is 0.0292. The Morgan fingerprint density at radius 2 is 1.83 bits per heavy atom. The van der Waals surface area contributed by atoms with Gasteiger partial charge in [-0.25, -0.2) is 4.68 Å². The van der Waals surface area contributed by atoms with Crippen molar-refractivity contribution in [2.75, 3.05) is 0 Å². The first-order valence-electron chi connectivity index (χ1n) is 5.07. The van der Waals surface area contributed by atoms with Crippen molar-refractivity contribution in [2.24, 2.45) is 5.73 Å². The predicted molar refractivity (Wildman–Crippen MR) is 58.1 cm³/mol. The number of halogens is 3. The standard InChI is InChI=1S/C11H10F3N3O/c12-11(13,14)10-7(5-15)6-16-17(10)8-1-3-9(18)4-2-8/h1-4,6,18H,5,15H2. The summed E-state index contributed by atoms with van der Waals surface area (Å²) >= 11 is 0. The number of rotatable bonds is 2. The van der Waals surface area contributed by atoms with Crippen LogP contribution in [-0.4, -0.2) is 14.9 Å². The van der Waals surface area contributed by atoms with Gasteiger partial charge in [0.2, 0.25) is 0 Å². The summed E-state index contributed by atoms with van der Waals surface area (Å²) in [7, 11) is 0. The highest BCUT2D eigenvalue weighted by Crippen LogP contribution is 2.33. The van der Waals surface area contributed by atoms with Crippen LogP contribution >= 0.6 is 0 Å². The van der Waals surface area contributed by atoms with Gasteiger partial charge in [-0.1, -0.05) is 0 Å². The third kappa shape index (κ3) is 2.17. The Kier molecular flexibility index (Phi) is 3.00. The van der Waals surface area contributed by atoms with Crippen molar-refractivity contribution in [1.29, 1.82) is 0 Å². The van der Waals surface area contributed by atoms with Crippen molar-refractivity contribution >= 4 is 0 Å². The summed E-state index contributed by atoms with van der Waals surface area (Å²) < 4.78 is 39.6. The van der Waals surface area contributed by atoms with Gasteiger partial charge in [-0.2, -0.15) is 18.3 Å². The van der Waals surface area contributed by atoms with Gasteiger partial charge in [0.15, 0.2) is 5.69 Å². The van der Waals surface area contributed by atoms with Crippen LogP contribution in [0.2, 0.25) is 0 Å². The molecular formula is C11H10F3N3O. The fourth-order valence-corrected chi connectivity index (χ4v) is 1.62. The van der Waals surface area contributed by atoms with Gasteiger partial charge in [0.25, 0.3) is 0 Å². The first-order chi connectivity index (χ1) is 8.43. The van der Waals surface area contributed by atoms with Crippen molar-refractivity contribution in [3.63, 3.8) is 0 Å². The van der Waals surface area contributed by atoms with Crippen molar-refractivity contribution < 1.29 is 18.3 Å². The van der Waals surface area contributed by atoms with Crippen molar-refractivity contribution in [3.8, 4) is 11.4 Å². The number of nitrogens with two attached hydrogens (primary N) is 1.